The van der Waals surface area contributed by atoms with Gasteiger partial charge in [0.05, 0.1) is 0 Å². The molecule has 110 valence electrons. The van der Waals surface area contributed by atoms with E-state index in [4.69, 9.17) is 10.5 Å². The molecule has 0 spiro atoms. The van der Waals surface area contributed by atoms with Crippen LogP contribution in [-0.4, -0.2) is 10.7 Å². The first-order valence-corrected chi connectivity index (χ1v) is 6.52. The first-order valence-electron chi connectivity index (χ1n) is 6.52. The van der Waals surface area contributed by atoms with Crippen molar-refractivity contribution in [3.8, 4) is 11.5 Å². The number of nitrogens with two attached hydrogens (primary N) is 1. The van der Waals surface area contributed by atoms with E-state index in [1.807, 2.05) is 26.8 Å². The van der Waals surface area contributed by atoms with Crippen LogP contribution in [0.4, 0.5) is 0 Å². The Hall–Kier alpha value is -0.930. The Bertz CT molecular complexity index is 402. The highest BCUT2D eigenvalue weighted by Gasteiger charge is 2.19. The average Bonchev–Trinajstić information content (AvgIpc) is 2.28. The molecule has 1 unspecified atom stereocenters. The topological polar surface area (TPSA) is 55.5 Å². The van der Waals surface area contributed by atoms with Crippen LogP contribution in [-0.2, 0) is 0 Å². The second-order valence-electron chi connectivity index (χ2n) is 5.85. The van der Waals surface area contributed by atoms with Crippen LogP contribution in [0.25, 0.3) is 0 Å². The van der Waals surface area contributed by atoms with Crippen molar-refractivity contribution in [2.24, 2.45) is 11.7 Å². The fraction of sp³-hybridized carbons (Fsp3) is 0.600. The van der Waals surface area contributed by atoms with Gasteiger partial charge in [-0.15, -0.1) is 12.4 Å². The number of phenolic OH excluding ortho intramolecular Hbond substituents is 1. The molecule has 1 aromatic rings. The van der Waals surface area contributed by atoms with Gasteiger partial charge >= 0.3 is 0 Å². The average molecular weight is 288 g/mol. The lowest BCUT2D eigenvalue weighted by Gasteiger charge is -2.24. The number of phenols is 1. The van der Waals surface area contributed by atoms with Crippen molar-refractivity contribution in [2.45, 2.75) is 52.7 Å². The van der Waals surface area contributed by atoms with E-state index >= 15 is 0 Å². The maximum absolute atomic E-state index is 9.91. The van der Waals surface area contributed by atoms with Crippen molar-refractivity contribution in [2.75, 3.05) is 0 Å². The molecule has 19 heavy (non-hydrogen) atoms. The normalized spacial score (nSPS) is 14.4. The van der Waals surface area contributed by atoms with Crippen LogP contribution in [0.3, 0.4) is 0 Å². The molecule has 0 saturated carbocycles. The Morgan fingerprint density at radius 1 is 1.32 bits per heavy atom. The second kappa shape index (κ2) is 7.01. The summed E-state index contributed by atoms with van der Waals surface area (Å²) in [5.41, 5.74) is 6.67. The van der Waals surface area contributed by atoms with Gasteiger partial charge in [-0.25, -0.2) is 0 Å². The molecule has 0 amide bonds. The van der Waals surface area contributed by atoms with Crippen molar-refractivity contribution < 1.29 is 9.84 Å². The van der Waals surface area contributed by atoms with Gasteiger partial charge in [-0.2, -0.15) is 0 Å². The van der Waals surface area contributed by atoms with Crippen molar-refractivity contribution in [1.82, 2.24) is 0 Å². The number of benzene rings is 1. The fourth-order valence-corrected chi connectivity index (χ4v) is 1.78. The molecule has 0 radical (unpaired) electrons. The van der Waals surface area contributed by atoms with E-state index in [1.54, 1.807) is 12.1 Å². The fourth-order valence-electron chi connectivity index (χ4n) is 1.78. The van der Waals surface area contributed by atoms with Crippen LogP contribution in [0.1, 0.15) is 52.6 Å². The molecule has 0 saturated heterocycles. The molecule has 1 rings (SSSR count). The molecule has 3 N–H and O–H groups in total. The molecule has 0 aromatic heterocycles. The van der Waals surface area contributed by atoms with E-state index in [9.17, 15) is 5.11 Å². The van der Waals surface area contributed by atoms with Crippen LogP contribution in [0.5, 0.6) is 11.5 Å². The first-order chi connectivity index (χ1) is 8.24. The Kier molecular flexibility index (Phi) is 6.67. The Morgan fingerprint density at radius 2 is 1.89 bits per heavy atom. The van der Waals surface area contributed by atoms with Crippen molar-refractivity contribution in [3.63, 3.8) is 0 Å². The Balaban J connectivity index is 0.00000324. The monoisotopic (exact) mass is 287 g/mol. The van der Waals surface area contributed by atoms with Crippen molar-refractivity contribution in [1.29, 1.82) is 0 Å². The van der Waals surface area contributed by atoms with Gasteiger partial charge < -0.3 is 15.6 Å². The lowest BCUT2D eigenvalue weighted by atomic mass is 9.92. The zero-order chi connectivity index (χ0) is 13.9. The SMILES string of the molecule is CCC(C)[C@@H](N)c1cc(OC(C)(C)C)ccc1O.Cl. The third-order valence-electron chi connectivity index (χ3n) is 3.04. The Labute approximate surface area is 122 Å². The third-order valence-corrected chi connectivity index (χ3v) is 3.04. The molecule has 3 nitrogen and oxygen atoms in total. The van der Waals surface area contributed by atoms with E-state index in [0.717, 1.165) is 17.7 Å². The van der Waals surface area contributed by atoms with Gasteiger partial charge in [0.15, 0.2) is 0 Å². The molecule has 4 heteroatoms. The number of halogens is 1. The molecule has 1 aromatic carbocycles. The minimum atomic E-state index is -0.255. The molecule has 0 aliphatic rings. The van der Waals surface area contributed by atoms with Crippen LogP contribution in [0.15, 0.2) is 18.2 Å². The lowest BCUT2D eigenvalue weighted by molar-refractivity contribution is 0.130. The minimum Gasteiger partial charge on any atom is -0.508 e. The van der Waals surface area contributed by atoms with E-state index in [2.05, 4.69) is 13.8 Å². The van der Waals surface area contributed by atoms with E-state index in [1.165, 1.54) is 0 Å². The molecule has 0 aliphatic carbocycles. The van der Waals surface area contributed by atoms with Gasteiger partial charge in [-0.3, -0.25) is 0 Å². The first kappa shape index (κ1) is 18.1. The van der Waals surface area contributed by atoms with Crippen molar-refractivity contribution >= 4 is 12.4 Å². The predicted molar refractivity (Wildman–Crippen MR) is 82.1 cm³/mol. The number of rotatable bonds is 4. The quantitative estimate of drug-likeness (QED) is 0.879. The summed E-state index contributed by atoms with van der Waals surface area (Å²) in [6, 6.07) is 5.10. The molecule has 0 bridgehead atoms. The maximum Gasteiger partial charge on any atom is 0.120 e. The summed E-state index contributed by atoms with van der Waals surface area (Å²) in [5, 5.41) is 9.91. The number of ether oxygens (including phenoxy) is 1. The molecule has 2 atom stereocenters. The highest BCUT2D eigenvalue weighted by Crippen LogP contribution is 2.33. The zero-order valence-corrected chi connectivity index (χ0v) is 13.3. The van der Waals surface area contributed by atoms with Gasteiger partial charge in [0, 0.05) is 11.6 Å². The summed E-state index contributed by atoms with van der Waals surface area (Å²) in [7, 11) is 0. The van der Waals surface area contributed by atoms with Gasteiger partial charge in [0.1, 0.15) is 17.1 Å². The highest BCUT2D eigenvalue weighted by atomic mass is 35.5. The summed E-state index contributed by atoms with van der Waals surface area (Å²) < 4.78 is 5.79. The smallest absolute Gasteiger partial charge is 0.120 e. The highest BCUT2D eigenvalue weighted by molar-refractivity contribution is 5.85. The van der Waals surface area contributed by atoms with Crippen molar-refractivity contribution in [3.05, 3.63) is 23.8 Å². The lowest BCUT2D eigenvalue weighted by Crippen LogP contribution is -2.23. The third kappa shape index (κ3) is 5.29. The summed E-state index contributed by atoms with van der Waals surface area (Å²) in [4.78, 5) is 0. The second-order valence-corrected chi connectivity index (χ2v) is 5.85. The van der Waals surface area contributed by atoms with Crippen LogP contribution >= 0.6 is 12.4 Å². The van der Waals surface area contributed by atoms with Gasteiger partial charge in [0.25, 0.3) is 0 Å². The molecular weight excluding hydrogens is 262 g/mol. The molecule has 0 heterocycles. The van der Waals surface area contributed by atoms with Crippen LogP contribution in [0, 0.1) is 5.92 Å². The van der Waals surface area contributed by atoms with Gasteiger partial charge in [-0.05, 0) is 44.9 Å². The Morgan fingerprint density at radius 3 is 2.37 bits per heavy atom. The van der Waals surface area contributed by atoms with E-state index in [0.29, 0.717) is 5.92 Å². The molecular formula is C15H26ClNO2. The van der Waals surface area contributed by atoms with Crippen LogP contribution < -0.4 is 10.5 Å². The van der Waals surface area contributed by atoms with Crippen LogP contribution in [0.2, 0.25) is 0 Å². The number of aromatic hydroxyl groups is 1. The van der Waals surface area contributed by atoms with Gasteiger partial charge in [0.2, 0.25) is 0 Å². The number of hydrogen-bond donors (Lipinski definition) is 2. The molecule has 0 fully saturated rings. The number of hydrogen-bond acceptors (Lipinski definition) is 3. The summed E-state index contributed by atoms with van der Waals surface area (Å²) >= 11 is 0. The summed E-state index contributed by atoms with van der Waals surface area (Å²) in [5.74, 6) is 1.30. The van der Waals surface area contributed by atoms with E-state index < -0.39 is 0 Å². The maximum atomic E-state index is 9.91. The zero-order valence-electron chi connectivity index (χ0n) is 12.4. The minimum absolute atomic E-state index is 0. The largest absolute Gasteiger partial charge is 0.508 e. The molecule has 0 aliphatic heterocycles. The summed E-state index contributed by atoms with van der Waals surface area (Å²) in [6.07, 6.45) is 0.977. The summed E-state index contributed by atoms with van der Waals surface area (Å²) in [6.45, 7) is 10.2. The predicted octanol–water partition coefficient (Wildman–Crippen LogP) is 4.04. The standard InChI is InChI=1S/C15H25NO2.ClH/c1-6-10(2)14(16)12-9-11(7-8-13(12)17)18-15(3,4)5;/h7-10,14,17H,6,16H2,1-5H3;1H/t10?,14-;/m1./s1. The van der Waals surface area contributed by atoms with Gasteiger partial charge in [-0.1, -0.05) is 20.3 Å². The van der Waals surface area contributed by atoms with E-state index in [-0.39, 0.29) is 29.8 Å².